The highest BCUT2D eigenvalue weighted by Crippen LogP contribution is 2.27. The molecule has 4 rings (SSSR count). The first-order valence-electron chi connectivity index (χ1n) is 9.74. The highest BCUT2D eigenvalue weighted by Gasteiger charge is 2.38. The number of carbonyl (C=O) groups excluding carboxylic acids is 1. The second kappa shape index (κ2) is 9.47. The van der Waals surface area contributed by atoms with Gasteiger partial charge in [0.1, 0.15) is 6.67 Å². The number of fused-ring (bicyclic) bond motifs is 2. The quantitative estimate of drug-likeness (QED) is 0.743. The van der Waals surface area contributed by atoms with E-state index < -0.39 is 18.8 Å². The molecule has 1 fully saturated rings. The molecule has 0 spiro atoms. The highest BCUT2D eigenvalue weighted by atomic mass is 19.4. The van der Waals surface area contributed by atoms with Gasteiger partial charge in [-0.2, -0.15) is 13.2 Å². The van der Waals surface area contributed by atoms with Crippen molar-refractivity contribution < 1.29 is 32.3 Å². The third-order valence-corrected chi connectivity index (χ3v) is 5.33. The number of carboxylic acids is 1. The standard InChI is InChI=1S/C20H21FN2O.C2HF3O2/c21-12-16-6-7-19-17(10-16)11-18-14-22(8-9-23(18)20(19)24)13-15-4-2-1-3-5-15;3-2(4,5)1(6)7/h1-7,10,18H,8-9,11-14H2;(H,6,7)/t18-;/m1./s1. The SMILES string of the molecule is O=C(O)C(F)(F)F.O=C1c2ccc(CF)cc2C[C@@H]2CN(Cc3ccccc3)CCN12. The molecule has 1 saturated heterocycles. The predicted octanol–water partition coefficient (Wildman–Crippen LogP) is 3.67. The molecule has 9 heteroatoms. The van der Waals surface area contributed by atoms with Crippen molar-refractivity contribution in [3.8, 4) is 0 Å². The molecule has 2 aromatic carbocycles. The van der Waals surface area contributed by atoms with E-state index in [1.54, 1.807) is 12.1 Å². The maximum absolute atomic E-state index is 12.9. The van der Waals surface area contributed by atoms with Crippen molar-refractivity contribution in [2.24, 2.45) is 0 Å². The summed E-state index contributed by atoms with van der Waals surface area (Å²) in [7, 11) is 0. The summed E-state index contributed by atoms with van der Waals surface area (Å²) in [4.78, 5) is 26.0. The molecule has 5 nitrogen and oxygen atoms in total. The van der Waals surface area contributed by atoms with Crippen LogP contribution in [-0.4, -0.2) is 58.6 Å². The van der Waals surface area contributed by atoms with Crippen LogP contribution >= 0.6 is 0 Å². The number of amides is 1. The predicted molar refractivity (Wildman–Crippen MR) is 105 cm³/mol. The normalized spacial score (nSPS) is 18.5. The van der Waals surface area contributed by atoms with Gasteiger partial charge in [-0.15, -0.1) is 0 Å². The summed E-state index contributed by atoms with van der Waals surface area (Å²) in [5.74, 6) is -2.65. The molecule has 166 valence electrons. The molecule has 0 radical (unpaired) electrons. The number of halogens is 4. The number of nitrogens with zero attached hydrogens (tertiary/aromatic N) is 2. The number of carbonyl (C=O) groups is 2. The number of hydrogen-bond acceptors (Lipinski definition) is 3. The molecule has 2 heterocycles. The molecule has 0 bridgehead atoms. The first kappa shape index (κ1) is 22.7. The summed E-state index contributed by atoms with van der Waals surface area (Å²) < 4.78 is 44.7. The Kier molecular flexibility index (Phi) is 6.94. The van der Waals surface area contributed by atoms with E-state index in [-0.39, 0.29) is 11.9 Å². The third-order valence-electron chi connectivity index (χ3n) is 5.33. The number of benzene rings is 2. The van der Waals surface area contributed by atoms with E-state index in [9.17, 15) is 22.4 Å². The van der Waals surface area contributed by atoms with Crippen LogP contribution in [0, 0.1) is 0 Å². The molecule has 1 N–H and O–H groups in total. The third kappa shape index (κ3) is 5.61. The second-order valence-electron chi connectivity index (χ2n) is 7.51. The molecule has 1 atom stereocenters. The molecule has 0 unspecified atom stereocenters. The van der Waals surface area contributed by atoms with Gasteiger partial charge < -0.3 is 10.0 Å². The van der Waals surface area contributed by atoms with Gasteiger partial charge in [-0.3, -0.25) is 9.69 Å². The number of piperazine rings is 1. The van der Waals surface area contributed by atoms with Gasteiger partial charge in [-0.25, -0.2) is 9.18 Å². The van der Waals surface area contributed by atoms with Gasteiger partial charge in [0.2, 0.25) is 0 Å². The number of aliphatic carboxylic acids is 1. The van der Waals surface area contributed by atoms with Crippen molar-refractivity contribution in [2.45, 2.75) is 31.9 Å². The molecule has 2 aromatic rings. The van der Waals surface area contributed by atoms with E-state index in [0.717, 1.165) is 43.7 Å². The van der Waals surface area contributed by atoms with Gasteiger partial charge >= 0.3 is 12.1 Å². The van der Waals surface area contributed by atoms with Crippen molar-refractivity contribution in [3.63, 3.8) is 0 Å². The summed E-state index contributed by atoms with van der Waals surface area (Å²) in [5, 5.41) is 7.12. The minimum atomic E-state index is -5.08. The van der Waals surface area contributed by atoms with Crippen LogP contribution in [0.3, 0.4) is 0 Å². The molecule has 31 heavy (non-hydrogen) atoms. The summed E-state index contributed by atoms with van der Waals surface area (Å²) in [6.45, 7) is 2.97. The van der Waals surface area contributed by atoms with Crippen LogP contribution < -0.4 is 0 Å². The Labute approximate surface area is 176 Å². The van der Waals surface area contributed by atoms with Crippen molar-refractivity contribution in [1.29, 1.82) is 0 Å². The Morgan fingerprint density at radius 3 is 2.35 bits per heavy atom. The molecule has 1 amide bonds. The van der Waals surface area contributed by atoms with Crippen LogP contribution in [-0.2, 0) is 24.4 Å². The molecular weight excluding hydrogens is 416 g/mol. The Hall–Kier alpha value is -2.94. The van der Waals surface area contributed by atoms with E-state index in [1.165, 1.54) is 5.56 Å². The van der Waals surface area contributed by atoms with Gasteiger partial charge in [-0.1, -0.05) is 42.5 Å². The lowest BCUT2D eigenvalue weighted by atomic mass is 9.90. The minimum absolute atomic E-state index is 0.103. The fraction of sp³-hybridized carbons (Fsp3) is 0.364. The van der Waals surface area contributed by atoms with Gasteiger partial charge in [0.15, 0.2) is 0 Å². The average Bonchev–Trinajstić information content (AvgIpc) is 2.74. The van der Waals surface area contributed by atoms with E-state index in [1.807, 2.05) is 17.0 Å². The van der Waals surface area contributed by atoms with E-state index in [2.05, 4.69) is 29.2 Å². The molecule has 0 aromatic heterocycles. The lowest BCUT2D eigenvalue weighted by Crippen LogP contribution is -2.57. The Morgan fingerprint density at radius 2 is 1.74 bits per heavy atom. The first-order valence-corrected chi connectivity index (χ1v) is 9.74. The van der Waals surface area contributed by atoms with Crippen molar-refractivity contribution >= 4 is 11.9 Å². The van der Waals surface area contributed by atoms with Crippen molar-refractivity contribution in [3.05, 3.63) is 70.8 Å². The van der Waals surface area contributed by atoms with Crippen molar-refractivity contribution in [1.82, 2.24) is 9.80 Å². The number of hydrogen-bond donors (Lipinski definition) is 1. The number of rotatable bonds is 3. The first-order chi connectivity index (χ1) is 14.7. The molecule has 2 aliphatic heterocycles. The molecule has 0 aliphatic carbocycles. The zero-order valence-electron chi connectivity index (χ0n) is 16.6. The minimum Gasteiger partial charge on any atom is -0.475 e. The van der Waals surface area contributed by atoms with Gasteiger partial charge in [0.05, 0.1) is 0 Å². The summed E-state index contributed by atoms with van der Waals surface area (Å²) in [6, 6.07) is 16.0. The van der Waals surface area contributed by atoms with Crippen LogP contribution in [0.1, 0.15) is 27.0 Å². The largest absolute Gasteiger partial charge is 0.490 e. The molecule has 0 saturated carbocycles. The van der Waals surface area contributed by atoms with Crippen LogP contribution in [0.15, 0.2) is 48.5 Å². The smallest absolute Gasteiger partial charge is 0.475 e. The fourth-order valence-corrected chi connectivity index (χ4v) is 3.86. The number of alkyl halides is 4. The Morgan fingerprint density at radius 1 is 1.06 bits per heavy atom. The van der Waals surface area contributed by atoms with Crippen LogP contribution in [0.5, 0.6) is 0 Å². The maximum atomic E-state index is 12.9. The van der Waals surface area contributed by atoms with Gasteiger partial charge in [-0.05, 0) is 29.2 Å². The summed E-state index contributed by atoms with van der Waals surface area (Å²) >= 11 is 0. The van der Waals surface area contributed by atoms with Gasteiger partial charge in [0, 0.05) is 37.8 Å². The van der Waals surface area contributed by atoms with Crippen molar-refractivity contribution in [2.75, 3.05) is 19.6 Å². The highest BCUT2D eigenvalue weighted by molar-refractivity contribution is 5.97. The summed E-state index contributed by atoms with van der Waals surface area (Å²) in [6.07, 6.45) is -4.26. The molecular formula is C22H22F4N2O3. The van der Waals surface area contributed by atoms with Crippen LogP contribution in [0.4, 0.5) is 17.6 Å². The van der Waals surface area contributed by atoms with Crippen LogP contribution in [0.2, 0.25) is 0 Å². The number of carboxylic acid groups (broad SMARTS) is 1. The lowest BCUT2D eigenvalue weighted by Gasteiger charge is -2.44. The second-order valence-corrected chi connectivity index (χ2v) is 7.51. The van der Waals surface area contributed by atoms with E-state index in [4.69, 9.17) is 9.90 Å². The zero-order chi connectivity index (χ0) is 22.6. The van der Waals surface area contributed by atoms with E-state index >= 15 is 0 Å². The molecule has 2 aliphatic rings. The fourth-order valence-electron chi connectivity index (χ4n) is 3.86. The summed E-state index contributed by atoms with van der Waals surface area (Å²) in [5.41, 5.74) is 3.71. The zero-order valence-corrected chi connectivity index (χ0v) is 16.6. The maximum Gasteiger partial charge on any atom is 0.490 e. The van der Waals surface area contributed by atoms with Crippen LogP contribution in [0.25, 0.3) is 0 Å². The Balaban J connectivity index is 0.000000339. The monoisotopic (exact) mass is 438 g/mol. The van der Waals surface area contributed by atoms with E-state index in [0.29, 0.717) is 5.56 Å². The lowest BCUT2D eigenvalue weighted by molar-refractivity contribution is -0.192. The Bertz CT molecular complexity index is 934. The topological polar surface area (TPSA) is 60.9 Å². The average molecular weight is 438 g/mol. The van der Waals surface area contributed by atoms with Gasteiger partial charge in [0.25, 0.3) is 5.91 Å².